The van der Waals surface area contributed by atoms with Gasteiger partial charge in [0.15, 0.2) is 11.7 Å². The second kappa shape index (κ2) is 4.08. The van der Waals surface area contributed by atoms with E-state index in [9.17, 15) is 0 Å². The minimum absolute atomic E-state index is 0.122. The third-order valence-electron chi connectivity index (χ3n) is 1.55. The van der Waals surface area contributed by atoms with Gasteiger partial charge >= 0.3 is 0 Å². The minimum Gasteiger partial charge on any atom is -0.380 e. The van der Waals surface area contributed by atoms with Crippen LogP contribution in [0.1, 0.15) is 11.4 Å². The molecule has 7 heteroatoms. The van der Waals surface area contributed by atoms with Gasteiger partial charge in [0.25, 0.3) is 0 Å². The first-order valence-corrected chi connectivity index (χ1v) is 3.73. The molecule has 0 aliphatic carbocycles. The van der Waals surface area contributed by atoms with Crippen molar-refractivity contribution >= 4 is 11.7 Å². The number of hydrogen-bond acceptors (Lipinski definition) is 5. The van der Waals surface area contributed by atoms with Gasteiger partial charge in [0, 0.05) is 0 Å². The Labute approximate surface area is 80.5 Å². The first-order chi connectivity index (χ1) is 6.69. The van der Waals surface area contributed by atoms with E-state index in [-0.39, 0.29) is 11.7 Å². The molecule has 0 aliphatic heterocycles. The lowest BCUT2D eigenvalue weighted by molar-refractivity contribution is 1.16. The fraction of sp³-hybridized carbons (Fsp3) is 0. The van der Waals surface area contributed by atoms with Gasteiger partial charge in [-0.3, -0.25) is 0 Å². The highest BCUT2D eigenvalue weighted by atomic mass is 15.2. The Kier molecular flexibility index (Phi) is 2.85. The number of nitrogens with zero attached hydrogens (tertiary/aromatic N) is 3. The molecule has 7 nitrogen and oxygen atoms in total. The summed E-state index contributed by atoms with van der Waals surface area (Å²) in [6.45, 7) is 0. The molecule has 1 heterocycles. The maximum atomic E-state index is 5.46. The van der Waals surface area contributed by atoms with Crippen molar-refractivity contribution in [1.82, 2.24) is 4.98 Å². The van der Waals surface area contributed by atoms with Crippen molar-refractivity contribution in [2.45, 2.75) is 0 Å². The van der Waals surface area contributed by atoms with Crippen LogP contribution in [0.2, 0.25) is 0 Å². The molecule has 8 N–H and O–H groups in total. The quantitative estimate of drug-likeness (QED) is 0.190. The number of hydrazone groups is 2. The maximum absolute atomic E-state index is 5.46. The van der Waals surface area contributed by atoms with Crippen LogP contribution in [-0.4, -0.2) is 16.7 Å². The van der Waals surface area contributed by atoms with Crippen LogP contribution >= 0.6 is 0 Å². The van der Waals surface area contributed by atoms with Gasteiger partial charge < -0.3 is 23.2 Å². The van der Waals surface area contributed by atoms with Crippen molar-refractivity contribution in [1.29, 1.82) is 0 Å². The minimum atomic E-state index is 0.122. The zero-order valence-corrected chi connectivity index (χ0v) is 7.38. The third-order valence-corrected chi connectivity index (χ3v) is 1.55. The molecule has 0 amide bonds. The van der Waals surface area contributed by atoms with Crippen molar-refractivity contribution in [3.63, 3.8) is 0 Å². The zero-order chi connectivity index (χ0) is 10.6. The molecule has 74 valence electrons. The topological polar surface area (TPSA) is 142 Å². The van der Waals surface area contributed by atoms with Crippen LogP contribution in [0, 0.1) is 0 Å². The van der Waals surface area contributed by atoms with Gasteiger partial charge in [0.1, 0.15) is 11.4 Å². The Bertz CT molecular complexity index is 348. The third kappa shape index (κ3) is 1.89. The molecule has 14 heavy (non-hydrogen) atoms. The smallest absolute Gasteiger partial charge is 0.168 e. The lowest BCUT2D eigenvalue weighted by Crippen LogP contribution is -2.21. The van der Waals surface area contributed by atoms with Crippen molar-refractivity contribution in [2.75, 3.05) is 0 Å². The Morgan fingerprint density at radius 3 is 1.79 bits per heavy atom. The van der Waals surface area contributed by atoms with Crippen molar-refractivity contribution in [3.05, 3.63) is 29.6 Å². The van der Waals surface area contributed by atoms with Gasteiger partial charge in [0.2, 0.25) is 0 Å². The molecule has 0 atom stereocenters. The van der Waals surface area contributed by atoms with E-state index in [2.05, 4.69) is 15.2 Å². The molecule has 1 aromatic heterocycles. The summed E-state index contributed by atoms with van der Waals surface area (Å²) in [5, 5.41) is 6.61. The molecule has 0 spiro atoms. The molecule has 0 saturated heterocycles. The van der Waals surface area contributed by atoms with Gasteiger partial charge in [-0.15, -0.1) is 0 Å². The lowest BCUT2D eigenvalue weighted by Gasteiger charge is -2.01. The van der Waals surface area contributed by atoms with Crippen molar-refractivity contribution in [2.24, 2.45) is 33.4 Å². The Morgan fingerprint density at radius 1 is 1.00 bits per heavy atom. The number of rotatable bonds is 2. The second-order valence-corrected chi connectivity index (χ2v) is 2.44. The lowest BCUT2D eigenvalue weighted by atomic mass is 10.3. The van der Waals surface area contributed by atoms with Crippen LogP contribution in [0.3, 0.4) is 0 Å². The van der Waals surface area contributed by atoms with Gasteiger partial charge in [0.05, 0.1) is 0 Å². The van der Waals surface area contributed by atoms with Gasteiger partial charge in [-0.25, -0.2) is 4.98 Å². The summed E-state index contributed by atoms with van der Waals surface area (Å²) >= 11 is 0. The molecule has 0 aliphatic rings. The summed E-state index contributed by atoms with van der Waals surface area (Å²) in [4.78, 5) is 4.04. The standard InChI is InChI=1S/C7H11N7/c8-6(13-10)4-2-1-3-5(12-4)7(9)14-11/h1-3H,10-11H2,(H2,8,13)(H2,9,14). The highest BCUT2D eigenvalue weighted by Crippen LogP contribution is 1.98. The largest absolute Gasteiger partial charge is 0.380 e. The second-order valence-electron chi connectivity index (χ2n) is 2.44. The molecule has 0 saturated carbocycles. The van der Waals surface area contributed by atoms with E-state index in [1.807, 2.05) is 0 Å². The number of hydrogen-bond donors (Lipinski definition) is 4. The average Bonchev–Trinajstić information content (AvgIpc) is 2.27. The van der Waals surface area contributed by atoms with Crippen molar-refractivity contribution in [3.8, 4) is 0 Å². The molecule has 1 rings (SSSR count). The molecule has 0 fully saturated rings. The first-order valence-electron chi connectivity index (χ1n) is 3.73. The summed E-state index contributed by atoms with van der Waals surface area (Å²) in [5.41, 5.74) is 11.8. The SMILES string of the molecule is N/N=C(\N)c1cccc(/C(N)=N/N)n1. The van der Waals surface area contributed by atoms with E-state index in [4.69, 9.17) is 23.2 Å². The summed E-state index contributed by atoms with van der Waals surface area (Å²) in [7, 11) is 0. The zero-order valence-electron chi connectivity index (χ0n) is 7.38. The molecule has 0 aromatic carbocycles. The average molecular weight is 193 g/mol. The summed E-state index contributed by atoms with van der Waals surface area (Å²) < 4.78 is 0. The van der Waals surface area contributed by atoms with E-state index in [0.29, 0.717) is 11.4 Å². The first kappa shape index (κ1) is 9.78. The van der Waals surface area contributed by atoms with Crippen LogP contribution in [0.15, 0.2) is 28.4 Å². The van der Waals surface area contributed by atoms with E-state index in [0.717, 1.165) is 0 Å². The normalized spacial score (nSPS) is 12.9. The monoisotopic (exact) mass is 193 g/mol. The fourth-order valence-electron chi connectivity index (χ4n) is 0.852. The molecular weight excluding hydrogens is 182 g/mol. The highest BCUT2D eigenvalue weighted by molar-refractivity contribution is 5.99. The van der Waals surface area contributed by atoms with Crippen LogP contribution < -0.4 is 23.2 Å². The number of nitrogens with two attached hydrogens (primary N) is 4. The molecule has 1 aromatic rings. The van der Waals surface area contributed by atoms with Gasteiger partial charge in [-0.05, 0) is 12.1 Å². The Balaban J connectivity index is 3.14. The molecule has 0 bridgehead atoms. The van der Waals surface area contributed by atoms with E-state index < -0.39 is 0 Å². The summed E-state index contributed by atoms with van der Waals surface area (Å²) in [6.07, 6.45) is 0. The Hall–Kier alpha value is -2.31. The van der Waals surface area contributed by atoms with E-state index >= 15 is 0 Å². The number of pyridine rings is 1. The summed E-state index contributed by atoms with van der Waals surface area (Å²) in [6, 6.07) is 5.01. The van der Waals surface area contributed by atoms with Crippen molar-refractivity contribution < 1.29 is 0 Å². The molecular formula is C7H11N7. The van der Waals surface area contributed by atoms with Crippen LogP contribution in [0.5, 0.6) is 0 Å². The highest BCUT2D eigenvalue weighted by Gasteiger charge is 2.03. The van der Waals surface area contributed by atoms with Gasteiger partial charge in [-0.2, -0.15) is 10.2 Å². The van der Waals surface area contributed by atoms with Crippen LogP contribution in [0.4, 0.5) is 0 Å². The molecule has 0 unspecified atom stereocenters. The summed E-state index contributed by atoms with van der Waals surface area (Å²) in [5.74, 6) is 10.2. The van der Waals surface area contributed by atoms with Gasteiger partial charge in [-0.1, -0.05) is 6.07 Å². The predicted molar refractivity (Wildman–Crippen MR) is 54.1 cm³/mol. The predicted octanol–water partition coefficient (Wildman–Crippen LogP) is -1.76. The van der Waals surface area contributed by atoms with E-state index in [1.165, 1.54) is 0 Å². The number of aromatic nitrogens is 1. The van der Waals surface area contributed by atoms with Crippen LogP contribution in [-0.2, 0) is 0 Å². The maximum Gasteiger partial charge on any atom is 0.168 e. The Morgan fingerprint density at radius 2 is 1.43 bits per heavy atom. The fourth-order valence-corrected chi connectivity index (χ4v) is 0.852. The molecule has 0 radical (unpaired) electrons. The van der Waals surface area contributed by atoms with Crippen LogP contribution in [0.25, 0.3) is 0 Å². The number of amidine groups is 2. The van der Waals surface area contributed by atoms with E-state index in [1.54, 1.807) is 18.2 Å².